The molecule has 2 rings (SSSR count). The summed E-state index contributed by atoms with van der Waals surface area (Å²) < 4.78 is 42.8. The van der Waals surface area contributed by atoms with E-state index in [4.69, 9.17) is 4.74 Å². The zero-order valence-electron chi connectivity index (χ0n) is 17.4. The number of dihydropyridines is 1. The van der Waals surface area contributed by atoms with Gasteiger partial charge >= 0.3 is 6.18 Å². The third-order valence-corrected chi connectivity index (χ3v) is 4.78. The molecule has 0 aromatic rings. The maximum Gasteiger partial charge on any atom is 0.411 e. The largest absolute Gasteiger partial charge is 0.411 e. The van der Waals surface area contributed by atoms with Gasteiger partial charge in [-0.2, -0.15) is 13.2 Å². The fourth-order valence-corrected chi connectivity index (χ4v) is 3.36. The van der Waals surface area contributed by atoms with Crippen LogP contribution < -0.4 is 5.32 Å². The summed E-state index contributed by atoms with van der Waals surface area (Å²) in [5.74, 6) is -0.883. The maximum absolute atomic E-state index is 13.1. The number of carbonyl (C=O) groups excluding carboxylic acids is 2. The van der Waals surface area contributed by atoms with Crippen LogP contribution in [0.3, 0.4) is 0 Å². The monoisotopic (exact) mass is 425 g/mol. The van der Waals surface area contributed by atoms with Gasteiger partial charge < -0.3 is 15.0 Å². The Labute approximate surface area is 173 Å². The Balaban J connectivity index is 2.31. The second kappa shape index (κ2) is 9.42. The van der Waals surface area contributed by atoms with Gasteiger partial charge in [0, 0.05) is 36.0 Å². The van der Waals surface area contributed by atoms with E-state index in [2.05, 4.69) is 17.0 Å². The Morgan fingerprint density at radius 1 is 1.43 bits per heavy atom. The van der Waals surface area contributed by atoms with Crippen LogP contribution in [0.1, 0.15) is 27.7 Å². The van der Waals surface area contributed by atoms with Crippen LogP contribution in [0, 0.1) is 5.92 Å². The van der Waals surface area contributed by atoms with Gasteiger partial charge in [0.2, 0.25) is 0 Å². The molecule has 0 fully saturated rings. The first-order chi connectivity index (χ1) is 14.0. The minimum Gasteiger partial charge on any atom is -0.362 e. The molecule has 1 amide bonds. The maximum atomic E-state index is 13.1. The van der Waals surface area contributed by atoms with Gasteiger partial charge in [-0.1, -0.05) is 19.9 Å². The van der Waals surface area contributed by atoms with Crippen molar-refractivity contribution in [3.8, 4) is 0 Å². The average molecular weight is 425 g/mol. The number of halogens is 3. The second-order valence-electron chi connectivity index (χ2n) is 7.53. The molecule has 0 aromatic heterocycles. The number of ether oxygens (including phenoxy) is 1. The van der Waals surface area contributed by atoms with Crippen LogP contribution in [-0.4, -0.2) is 54.9 Å². The molecule has 164 valence electrons. The van der Waals surface area contributed by atoms with Gasteiger partial charge in [-0.15, -0.1) is 0 Å². The number of carbonyl (C=O) groups is 2. The topological polar surface area (TPSA) is 71.0 Å². The van der Waals surface area contributed by atoms with Crippen molar-refractivity contribution in [2.24, 2.45) is 10.9 Å². The molecule has 2 unspecified atom stereocenters. The highest BCUT2D eigenvalue weighted by atomic mass is 19.4. The summed E-state index contributed by atoms with van der Waals surface area (Å²) in [6.45, 7) is 8.91. The lowest BCUT2D eigenvalue weighted by atomic mass is 9.94. The van der Waals surface area contributed by atoms with Crippen molar-refractivity contribution in [3.63, 3.8) is 0 Å². The first-order valence-electron chi connectivity index (χ1n) is 9.49. The molecule has 9 heteroatoms. The van der Waals surface area contributed by atoms with E-state index >= 15 is 0 Å². The van der Waals surface area contributed by atoms with Gasteiger partial charge in [-0.05, 0) is 37.8 Å². The van der Waals surface area contributed by atoms with Crippen molar-refractivity contribution in [3.05, 3.63) is 46.8 Å². The molecule has 30 heavy (non-hydrogen) atoms. The number of nitrogens with one attached hydrogen (secondary N) is 1. The molecule has 2 aliphatic rings. The molecule has 0 saturated carbocycles. The molecular formula is C21H26F3N3O3. The summed E-state index contributed by atoms with van der Waals surface area (Å²) in [6, 6.07) is -0.549. The van der Waals surface area contributed by atoms with E-state index in [0.29, 0.717) is 11.1 Å². The Morgan fingerprint density at radius 3 is 2.67 bits per heavy atom. The number of allylic oxidation sites excluding steroid dienone is 2. The molecular weight excluding hydrogens is 399 g/mol. The minimum atomic E-state index is -4.48. The number of amides is 1. The molecule has 0 saturated heterocycles. The van der Waals surface area contributed by atoms with Crippen molar-refractivity contribution in [2.75, 3.05) is 13.2 Å². The van der Waals surface area contributed by atoms with Gasteiger partial charge in [-0.25, -0.2) is 0 Å². The zero-order valence-corrected chi connectivity index (χ0v) is 17.4. The highest BCUT2D eigenvalue weighted by molar-refractivity contribution is 6.12. The number of rotatable bonds is 8. The molecule has 0 aliphatic carbocycles. The summed E-state index contributed by atoms with van der Waals surface area (Å²) in [7, 11) is 0. The van der Waals surface area contributed by atoms with Crippen molar-refractivity contribution < 1.29 is 27.5 Å². The third kappa shape index (κ3) is 5.47. The lowest BCUT2D eigenvalue weighted by Crippen LogP contribution is -2.43. The summed E-state index contributed by atoms with van der Waals surface area (Å²) in [6.07, 6.45) is 0.497. The quantitative estimate of drug-likeness (QED) is 0.606. The standard InChI is InChI=1S/C21H26F3N3O3/c1-12(2)18(28)17-14(4)27(20(29)16(17)6-7-25-5)10-15-8-13(3)9-26-19(15)30-11-21(22,23)24/h6-9,12,14,19,26H,5,10-11H2,1-4H3/b7-6-. The molecule has 2 atom stereocenters. The summed E-state index contributed by atoms with van der Waals surface area (Å²) in [4.78, 5) is 30.9. The van der Waals surface area contributed by atoms with Crippen LogP contribution in [0.5, 0.6) is 0 Å². The molecule has 0 bridgehead atoms. The Hall–Kier alpha value is -2.68. The molecule has 2 heterocycles. The highest BCUT2D eigenvalue weighted by Gasteiger charge is 2.40. The first-order valence-corrected chi connectivity index (χ1v) is 9.49. The SMILES string of the molecule is C=N/C=C\C1=C(C(=O)C(C)C)C(C)N(CC2=CC(C)=CNC2OCC(F)(F)F)C1=O. The summed E-state index contributed by atoms with van der Waals surface area (Å²) in [5.41, 5.74) is 1.82. The fraction of sp³-hybridized carbons (Fsp3) is 0.476. The van der Waals surface area contributed by atoms with E-state index in [1.54, 1.807) is 40.0 Å². The van der Waals surface area contributed by atoms with Crippen LogP contribution >= 0.6 is 0 Å². The minimum absolute atomic E-state index is 0.00837. The lowest BCUT2D eigenvalue weighted by molar-refractivity contribution is -0.184. The second-order valence-corrected chi connectivity index (χ2v) is 7.53. The number of alkyl halides is 3. The Morgan fingerprint density at radius 2 is 2.10 bits per heavy atom. The van der Waals surface area contributed by atoms with Gasteiger partial charge in [-0.3, -0.25) is 14.6 Å². The molecule has 1 N–H and O–H groups in total. The predicted octanol–water partition coefficient (Wildman–Crippen LogP) is 3.29. The van der Waals surface area contributed by atoms with Gasteiger partial charge in [0.05, 0.1) is 6.04 Å². The van der Waals surface area contributed by atoms with Crippen LogP contribution in [0.25, 0.3) is 0 Å². The first kappa shape index (κ1) is 23.6. The molecule has 0 radical (unpaired) electrons. The number of hydrogen-bond donors (Lipinski definition) is 1. The number of nitrogens with zero attached hydrogens (tertiary/aromatic N) is 2. The summed E-state index contributed by atoms with van der Waals surface area (Å²) in [5, 5.41) is 2.78. The zero-order chi connectivity index (χ0) is 22.6. The average Bonchev–Trinajstić information content (AvgIpc) is 2.88. The normalized spacial score (nSPS) is 22.5. The van der Waals surface area contributed by atoms with Gasteiger partial charge in [0.25, 0.3) is 5.91 Å². The van der Waals surface area contributed by atoms with E-state index in [0.717, 1.165) is 5.57 Å². The molecule has 0 spiro atoms. The van der Waals surface area contributed by atoms with Crippen LogP contribution in [0.2, 0.25) is 0 Å². The number of ketones is 1. The molecule has 6 nitrogen and oxygen atoms in total. The number of hydrogen-bond acceptors (Lipinski definition) is 5. The number of Topliss-reactive ketones (excluding diaryl/α,β-unsaturated/α-hetero) is 1. The third-order valence-electron chi connectivity index (χ3n) is 4.78. The van der Waals surface area contributed by atoms with E-state index in [1.165, 1.54) is 17.2 Å². The van der Waals surface area contributed by atoms with Crippen molar-refractivity contribution >= 4 is 18.4 Å². The smallest absolute Gasteiger partial charge is 0.362 e. The lowest BCUT2D eigenvalue weighted by Gasteiger charge is -2.31. The Kier molecular flexibility index (Phi) is 7.41. The number of aliphatic imine (C=N–C) groups is 1. The van der Waals surface area contributed by atoms with Crippen molar-refractivity contribution in [1.29, 1.82) is 0 Å². The van der Waals surface area contributed by atoms with Crippen molar-refractivity contribution in [1.82, 2.24) is 10.2 Å². The van der Waals surface area contributed by atoms with E-state index in [-0.39, 0.29) is 23.8 Å². The predicted molar refractivity (Wildman–Crippen MR) is 108 cm³/mol. The summed E-state index contributed by atoms with van der Waals surface area (Å²) >= 11 is 0. The van der Waals surface area contributed by atoms with E-state index in [1.807, 2.05) is 0 Å². The van der Waals surface area contributed by atoms with Crippen LogP contribution in [0.4, 0.5) is 13.2 Å². The van der Waals surface area contributed by atoms with Gasteiger partial charge in [0.15, 0.2) is 12.0 Å². The fourth-order valence-electron chi connectivity index (χ4n) is 3.36. The Bertz CT molecular complexity index is 838. The van der Waals surface area contributed by atoms with Crippen LogP contribution in [0.15, 0.2) is 51.8 Å². The van der Waals surface area contributed by atoms with Crippen LogP contribution in [-0.2, 0) is 14.3 Å². The van der Waals surface area contributed by atoms with E-state index in [9.17, 15) is 22.8 Å². The van der Waals surface area contributed by atoms with Crippen molar-refractivity contribution in [2.45, 2.75) is 46.1 Å². The molecule has 2 aliphatic heterocycles. The van der Waals surface area contributed by atoms with E-state index < -0.39 is 31.0 Å². The highest BCUT2D eigenvalue weighted by Crippen LogP contribution is 2.31. The van der Waals surface area contributed by atoms with Gasteiger partial charge in [0.1, 0.15) is 6.61 Å². The molecule has 0 aromatic carbocycles.